The molecule has 2 rings (SSSR count). The van der Waals surface area contributed by atoms with E-state index < -0.39 is 5.97 Å². The molecule has 2 aromatic rings. The van der Waals surface area contributed by atoms with Crippen LogP contribution in [0.3, 0.4) is 0 Å². The molecule has 1 N–H and O–H groups in total. The van der Waals surface area contributed by atoms with Gasteiger partial charge in [0.15, 0.2) is 5.69 Å². The van der Waals surface area contributed by atoms with Crippen LogP contribution in [0.1, 0.15) is 23.0 Å². The van der Waals surface area contributed by atoms with Gasteiger partial charge in [0.2, 0.25) is 0 Å². The van der Waals surface area contributed by atoms with Crippen LogP contribution in [-0.2, 0) is 15.9 Å². The molecule has 0 aliphatic rings. The lowest BCUT2D eigenvalue weighted by molar-refractivity contribution is 0.0521. The molecule has 6 heteroatoms. The minimum absolute atomic E-state index is 0.323. The summed E-state index contributed by atoms with van der Waals surface area (Å²) in [6, 6.07) is 7.94. The molecule has 0 aliphatic heterocycles. The molecular weight excluding hydrogens is 288 g/mol. The number of anilines is 2. The Bertz CT molecular complexity index is 598. The van der Waals surface area contributed by atoms with Crippen molar-refractivity contribution in [3.63, 3.8) is 0 Å². The maximum absolute atomic E-state index is 11.8. The second-order valence-corrected chi connectivity index (χ2v) is 5.13. The van der Waals surface area contributed by atoms with Gasteiger partial charge in [-0.05, 0) is 25.0 Å². The third-order valence-corrected chi connectivity index (χ3v) is 3.62. The number of thiazole rings is 1. The Morgan fingerprint density at radius 2 is 2.19 bits per heavy atom. The zero-order valence-electron chi connectivity index (χ0n) is 12.1. The number of methoxy groups -OCH3 is 1. The fraction of sp³-hybridized carbons (Fsp3) is 0.333. The average molecular weight is 306 g/mol. The molecule has 0 unspecified atom stereocenters. The van der Waals surface area contributed by atoms with Gasteiger partial charge in [-0.1, -0.05) is 18.2 Å². The fourth-order valence-electron chi connectivity index (χ4n) is 1.87. The van der Waals surface area contributed by atoms with E-state index in [9.17, 15) is 4.79 Å². The molecule has 0 bridgehead atoms. The molecule has 0 atom stereocenters. The first-order valence-corrected chi connectivity index (χ1v) is 7.58. The summed E-state index contributed by atoms with van der Waals surface area (Å²) >= 11 is 1.38. The molecule has 5 nitrogen and oxygen atoms in total. The Morgan fingerprint density at radius 1 is 1.38 bits per heavy atom. The third kappa shape index (κ3) is 4.03. The molecule has 0 fully saturated rings. The quantitative estimate of drug-likeness (QED) is 0.796. The van der Waals surface area contributed by atoms with Gasteiger partial charge in [-0.2, -0.15) is 0 Å². The van der Waals surface area contributed by atoms with E-state index in [0.717, 1.165) is 17.7 Å². The lowest BCUT2D eigenvalue weighted by Gasteiger charge is -2.11. The van der Waals surface area contributed by atoms with Gasteiger partial charge in [-0.3, -0.25) is 0 Å². The molecule has 112 valence electrons. The number of nitrogens with one attached hydrogen (secondary N) is 1. The Labute approximate surface area is 127 Å². The number of carbonyl (C=O) groups is 1. The second kappa shape index (κ2) is 7.75. The maximum atomic E-state index is 11.8. The van der Waals surface area contributed by atoms with Crippen LogP contribution in [0.15, 0.2) is 29.8 Å². The first-order valence-electron chi connectivity index (χ1n) is 6.70. The Kier molecular flexibility index (Phi) is 5.71. The van der Waals surface area contributed by atoms with Crippen molar-refractivity contribution in [2.75, 3.05) is 25.6 Å². The molecule has 1 aromatic heterocycles. The van der Waals surface area contributed by atoms with Gasteiger partial charge in [0.1, 0.15) is 5.00 Å². The lowest BCUT2D eigenvalue weighted by atomic mass is 10.1. The van der Waals surface area contributed by atoms with E-state index in [1.54, 1.807) is 19.5 Å². The van der Waals surface area contributed by atoms with Crippen molar-refractivity contribution in [3.8, 4) is 0 Å². The first-order chi connectivity index (χ1) is 10.3. The van der Waals surface area contributed by atoms with Gasteiger partial charge >= 0.3 is 5.97 Å². The summed E-state index contributed by atoms with van der Waals surface area (Å²) in [5.74, 6) is -0.407. The van der Waals surface area contributed by atoms with Crippen molar-refractivity contribution in [1.29, 1.82) is 0 Å². The van der Waals surface area contributed by atoms with Crippen molar-refractivity contribution in [1.82, 2.24) is 4.98 Å². The van der Waals surface area contributed by atoms with E-state index in [-0.39, 0.29) is 0 Å². The molecular formula is C15H18N2O3S. The van der Waals surface area contributed by atoms with Gasteiger partial charge in [-0.15, -0.1) is 11.3 Å². The molecule has 0 amide bonds. The molecule has 1 aromatic carbocycles. The van der Waals surface area contributed by atoms with Crippen LogP contribution in [-0.4, -0.2) is 31.3 Å². The topological polar surface area (TPSA) is 60.5 Å². The molecule has 0 spiro atoms. The number of ether oxygens (including phenoxy) is 2. The fourth-order valence-corrected chi connectivity index (χ4v) is 2.55. The number of carbonyl (C=O) groups excluding carboxylic acids is 1. The lowest BCUT2D eigenvalue weighted by Crippen LogP contribution is -2.08. The highest BCUT2D eigenvalue weighted by Crippen LogP contribution is 2.27. The van der Waals surface area contributed by atoms with Crippen molar-refractivity contribution in [2.45, 2.75) is 13.3 Å². The first kappa shape index (κ1) is 15.5. The number of rotatable bonds is 7. The van der Waals surface area contributed by atoms with Crippen LogP contribution < -0.4 is 5.32 Å². The van der Waals surface area contributed by atoms with Crippen LogP contribution >= 0.6 is 11.3 Å². The minimum atomic E-state index is -0.407. The molecule has 0 saturated carbocycles. The zero-order chi connectivity index (χ0) is 15.1. The number of benzene rings is 1. The van der Waals surface area contributed by atoms with Gasteiger partial charge in [0.25, 0.3) is 0 Å². The number of nitrogens with zero attached hydrogens (tertiary/aromatic N) is 1. The summed E-state index contributed by atoms with van der Waals surface area (Å²) in [6.07, 6.45) is 0.799. The smallest absolute Gasteiger partial charge is 0.360 e. The van der Waals surface area contributed by atoms with Crippen LogP contribution in [0.25, 0.3) is 0 Å². The zero-order valence-corrected chi connectivity index (χ0v) is 12.9. The van der Waals surface area contributed by atoms with Crippen molar-refractivity contribution >= 4 is 28.0 Å². The Hall–Kier alpha value is -1.92. The van der Waals surface area contributed by atoms with Crippen molar-refractivity contribution < 1.29 is 14.3 Å². The number of hydrogen-bond acceptors (Lipinski definition) is 6. The van der Waals surface area contributed by atoms with Gasteiger partial charge in [0.05, 0.1) is 18.7 Å². The van der Waals surface area contributed by atoms with Crippen LogP contribution in [0.4, 0.5) is 10.7 Å². The predicted molar refractivity (Wildman–Crippen MR) is 83.4 cm³/mol. The summed E-state index contributed by atoms with van der Waals surface area (Å²) < 4.78 is 10.1. The molecule has 0 saturated heterocycles. The van der Waals surface area contributed by atoms with Gasteiger partial charge in [-0.25, -0.2) is 9.78 Å². The van der Waals surface area contributed by atoms with Crippen molar-refractivity contribution in [3.05, 3.63) is 41.0 Å². The van der Waals surface area contributed by atoms with E-state index in [1.807, 2.05) is 24.3 Å². The highest BCUT2D eigenvalue weighted by atomic mass is 32.1. The standard InChI is InChI=1S/C15H18N2O3S/c1-3-20-15(18)13-14(21-10-16-13)17-12-7-5-4-6-11(12)8-9-19-2/h4-7,10,17H,3,8-9H2,1-2H3. The van der Waals surface area contributed by atoms with Gasteiger partial charge < -0.3 is 14.8 Å². The largest absolute Gasteiger partial charge is 0.461 e. The number of esters is 1. The summed E-state index contributed by atoms with van der Waals surface area (Å²) in [5, 5.41) is 3.96. The molecule has 21 heavy (non-hydrogen) atoms. The van der Waals surface area contributed by atoms with E-state index in [1.165, 1.54) is 11.3 Å². The normalized spacial score (nSPS) is 10.4. The summed E-state index contributed by atoms with van der Waals surface area (Å²) in [7, 11) is 1.68. The van der Waals surface area contributed by atoms with E-state index >= 15 is 0 Å². The second-order valence-electron chi connectivity index (χ2n) is 4.28. The monoisotopic (exact) mass is 306 g/mol. The van der Waals surface area contributed by atoms with Crippen LogP contribution in [0.5, 0.6) is 0 Å². The molecule has 1 heterocycles. The third-order valence-electron chi connectivity index (χ3n) is 2.88. The number of para-hydroxylation sites is 1. The highest BCUT2D eigenvalue weighted by molar-refractivity contribution is 7.14. The summed E-state index contributed by atoms with van der Waals surface area (Å²) in [4.78, 5) is 15.9. The minimum Gasteiger partial charge on any atom is -0.461 e. The van der Waals surface area contributed by atoms with Gasteiger partial charge in [0, 0.05) is 12.8 Å². The molecule has 0 aliphatic carbocycles. The average Bonchev–Trinajstić information content (AvgIpc) is 2.95. The van der Waals surface area contributed by atoms with Crippen LogP contribution in [0, 0.1) is 0 Å². The van der Waals surface area contributed by atoms with E-state index in [2.05, 4.69) is 10.3 Å². The Morgan fingerprint density at radius 3 is 2.95 bits per heavy atom. The van der Waals surface area contributed by atoms with Crippen molar-refractivity contribution in [2.24, 2.45) is 0 Å². The maximum Gasteiger partial charge on any atom is 0.360 e. The number of hydrogen-bond donors (Lipinski definition) is 1. The van der Waals surface area contributed by atoms with E-state index in [0.29, 0.717) is 23.9 Å². The highest BCUT2D eigenvalue weighted by Gasteiger charge is 2.16. The SMILES string of the molecule is CCOC(=O)c1ncsc1Nc1ccccc1CCOC. The molecule has 0 radical (unpaired) electrons. The Balaban J connectivity index is 2.19. The summed E-state index contributed by atoms with van der Waals surface area (Å²) in [5.41, 5.74) is 4.03. The van der Waals surface area contributed by atoms with E-state index in [4.69, 9.17) is 9.47 Å². The predicted octanol–water partition coefficient (Wildman–Crippen LogP) is 3.25. The van der Waals surface area contributed by atoms with Crippen LogP contribution in [0.2, 0.25) is 0 Å². The summed E-state index contributed by atoms with van der Waals surface area (Å²) in [6.45, 7) is 2.75. The number of aromatic nitrogens is 1.